The smallest absolute Gasteiger partial charge is 0.262 e. The molecule has 1 aliphatic carbocycles. The molecule has 1 aromatic carbocycles. The third-order valence-electron chi connectivity index (χ3n) is 6.08. The number of hydrogen-bond acceptors (Lipinski definition) is 4. The first-order valence-electron chi connectivity index (χ1n) is 10.5. The van der Waals surface area contributed by atoms with Gasteiger partial charge in [0, 0.05) is 10.6 Å². The van der Waals surface area contributed by atoms with Gasteiger partial charge in [-0.15, -0.1) is 11.3 Å². The number of amides is 1. The average Bonchev–Trinajstić information content (AvgIpc) is 3.00. The van der Waals surface area contributed by atoms with E-state index in [1.165, 1.54) is 15.8 Å². The highest BCUT2D eigenvalue weighted by molar-refractivity contribution is 7.18. The van der Waals surface area contributed by atoms with Gasteiger partial charge in [0.05, 0.1) is 11.7 Å². The number of thiophene rings is 1. The summed E-state index contributed by atoms with van der Waals surface area (Å²) in [6.07, 6.45) is 4.51. The van der Waals surface area contributed by atoms with Crippen LogP contribution in [0, 0.1) is 25.2 Å². The standard InChI is InChI=1S/C24H29N3O2S/c1-14-8-15(2)10-17(9-14)26-20(28)12-27-13-25-22-21(23(27)29)18-7-6-16(24(3,4)5)11-19(18)30-22/h8-10,13,16H,6-7,11-12H2,1-5H3,(H,26,28)/t16-/m1/s1. The molecule has 0 spiro atoms. The molecule has 0 fully saturated rings. The lowest BCUT2D eigenvalue weighted by molar-refractivity contribution is -0.116. The summed E-state index contributed by atoms with van der Waals surface area (Å²) in [7, 11) is 0. The third-order valence-corrected chi connectivity index (χ3v) is 7.24. The second kappa shape index (κ2) is 7.65. The molecule has 1 aliphatic rings. The Hall–Kier alpha value is -2.47. The van der Waals surface area contributed by atoms with Gasteiger partial charge in [0.25, 0.3) is 5.56 Å². The van der Waals surface area contributed by atoms with E-state index in [2.05, 4.69) is 37.1 Å². The van der Waals surface area contributed by atoms with Crippen LogP contribution in [0.15, 0.2) is 29.3 Å². The van der Waals surface area contributed by atoms with Crippen LogP contribution in [0.25, 0.3) is 10.2 Å². The van der Waals surface area contributed by atoms with Crippen molar-refractivity contribution < 1.29 is 4.79 Å². The highest BCUT2D eigenvalue weighted by Crippen LogP contribution is 2.41. The van der Waals surface area contributed by atoms with Gasteiger partial charge in [-0.25, -0.2) is 4.98 Å². The molecule has 30 heavy (non-hydrogen) atoms. The zero-order chi connectivity index (χ0) is 21.6. The van der Waals surface area contributed by atoms with Crippen LogP contribution in [0.5, 0.6) is 0 Å². The minimum atomic E-state index is -0.222. The number of nitrogens with zero attached hydrogens (tertiary/aromatic N) is 2. The van der Waals surface area contributed by atoms with Crippen molar-refractivity contribution in [2.45, 2.75) is 60.4 Å². The molecule has 0 saturated carbocycles. The fraction of sp³-hybridized carbons (Fsp3) is 0.458. The lowest BCUT2D eigenvalue weighted by atomic mass is 9.72. The topological polar surface area (TPSA) is 64.0 Å². The Morgan fingerprint density at radius 3 is 2.60 bits per heavy atom. The zero-order valence-corrected chi connectivity index (χ0v) is 19.2. The van der Waals surface area contributed by atoms with Crippen LogP contribution in [0.3, 0.4) is 0 Å². The molecule has 0 radical (unpaired) electrons. The van der Waals surface area contributed by atoms with E-state index < -0.39 is 0 Å². The summed E-state index contributed by atoms with van der Waals surface area (Å²) >= 11 is 1.64. The van der Waals surface area contributed by atoms with Gasteiger partial charge in [-0.2, -0.15) is 0 Å². The molecule has 6 heteroatoms. The van der Waals surface area contributed by atoms with Crippen molar-refractivity contribution in [2.24, 2.45) is 11.3 Å². The minimum Gasteiger partial charge on any atom is -0.325 e. The van der Waals surface area contributed by atoms with Crippen molar-refractivity contribution in [2.75, 3.05) is 5.32 Å². The van der Waals surface area contributed by atoms with Crippen LogP contribution >= 0.6 is 11.3 Å². The molecule has 0 bridgehead atoms. The van der Waals surface area contributed by atoms with E-state index in [0.29, 0.717) is 11.3 Å². The summed E-state index contributed by atoms with van der Waals surface area (Å²) in [5.41, 5.74) is 4.22. The molecule has 0 aliphatic heterocycles. The number of nitrogens with one attached hydrogen (secondary N) is 1. The highest BCUT2D eigenvalue weighted by atomic mass is 32.1. The molecule has 0 saturated heterocycles. The van der Waals surface area contributed by atoms with E-state index in [9.17, 15) is 9.59 Å². The summed E-state index contributed by atoms with van der Waals surface area (Å²) < 4.78 is 1.43. The van der Waals surface area contributed by atoms with E-state index in [1.807, 2.05) is 26.0 Å². The Labute approximate surface area is 181 Å². The van der Waals surface area contributed by atoms with Gasteiger partial charge in [-0.3, -0.25) is 14.2 Å². The maximum Gasteiger partial charge on any atom is 0.262 e. The molecule has 1 N–H and O–H groups in total. The number of carbonyl (C=O) groups excluding carboxylic acids is 1. The van der Waals surface area contributed by atoms with E-state index in [-0.39, 0.29) is 23.4 Å². The molecule has 1 amide bonds. The van der Waals surface area contributed by atoms with Gasteiger partial charge in [-0.1, -0.05) is 26.8 Å². The Balaban J connectivity index is 1.60. The van der Waals surface area contributed by atoms with Gasteiger partial charge >= 0.3 is 0 Å². The lowest BCUT2D eigenvalue weighted by Crippen LogP contribution is -2.29. The monoisotopic (exact) mass is 423 g/mol. The number of hydrogen-bond donors (Lipinski definition) is 1. The zero-order valence-electron chi connectivity index (χ0n) is 18.3. The van der Waals surface area contributed by atoms with Crippen molar-refractivity contribution in [3.63, 3.8) is 0 Å². The van der Waals surface area contributed by atoms with E-state index >= 15 is 0 Å². The fourth-order valence-electron chi connectivity index (χ4n) is 4.46. The van der Waals surface area contributed by atoms with Crippen molar-refractivity contribution in [3.05, 3.63) is 56.4 Å². The Morgan fingerprint density at radius 2 is 1.93 bits per heavy atom. The fourth-order valence-corrected chi connectivity index (χ4v) is 5.71. The van der Waals surface area contributed by atoms with Crippen LogP contribution in [0.2, 0.25) is 0 Å². The first-order valence-corrected chi connectivity index (χ1v) is 11.3. The van der Waals surface area contributed by atoms with Crippen LogP contribution in [-0.4, -0.2) is 15.5 Å². The van der Waals surface area contributed by atoms with E-state index in [1.54, 1.807) is 11.3 Å². The average molecular weight is 424 g/mol. The normalized spacial score (nSPS) is 16.5. The van der Waals surface area contributed by atoms with Crippen molar-refractivity contribution >= 4 is 33.1 Å². The SMILES string of the molecule is Cc1cc(C)cc(NC(=O)Cn2cnc3sc4c(c3c2=O)CC[C@@H](C(C)(C)C)C4)c1. The number of carbonyl (C=O) groups is 1. The quantitative estimate of drug-likeness (QED) is 0.654. The largest absolute Gasteiger partial charge is 0.325 e. The molecular weight excluding hydrogens is 394 g/mol. The molecule has 0 unspecified atom stereocenters. The van der Waals surface area contributed by atoms with Crippen LogP contribution in [0.4, 0.5) is 5.69 Å². The third kappa shape index (κ3) is 4.06. The van der Waals surface area contributed by atoms with Gasteiger partial charge < -0.3 is 5.32 Å². The number of aromatic nitrogens is 2. The molecule has 158 valence electrons. The van der Waals surface area contributed by atoms with E-state index in [4.69, 9.17) is 0 Å². The number of anilines is 1. The van der Waals surface area contributed by atoms with Gasteiger partial charge in [0.15, 0.2) is 0 Å². The van der Waals surface area contributed by atoms with Crippen LogP contribution < -0.4 is 10.9 Å². The van der Waals surface area contributed by atoms with Crippen molar-refractivity contribution in [3.8, 4) is 0 Å². The summed E-state index contributed by atoms with van der Waals surface area (Å²) in [5.74, 6) is 0.393. The second-order valence-corrected chi connectivity index (χ2v) is 10.7. The van der Waals surface area contributed by atoms with Gasteiger partial charge in [0.1, 0.15) is 11.4 Å². The molecular formula is C24H29N3O2S. The number of aryl methyl sites for hydroxylation is 3. The maximum absolute atomic E-state index is 13.2. The van der Waals surface area contributed by atoms with Crippen molar-refractivity contribution in [1.29, 1.82) is 0 Å². The molecule has 2 heterocycles. The molecule has 3 aromatic rings. The maximum atomic E-state index is 13.2. The molecule has 5 nitrogen and oxygen atoms in total. The molecule has 1 atom stereocenters. The molecule has 2 aromatic heterocycles. The Morgan fingerprint density at radius 1 is 1.23 bits per heavy atom. The number of benzene rings is 1. The van der Waals surface area contributed by atoms with Crippen molar-refractivity contribution in [1.82, 2.24) is 9.55 Å². The van der Waals surface area contributed by atoms with Gasteiger partial charge in [0.2, 0.25) is 5.91 Å². The number of rotatable bonds is 3. The Bertz CT molecular complexity index is 1160. The molecule has 4 rings (SSSR count). The number of fused-ring (bicyclic) bond motifs is 3. The second-order valence-electron chi connectivity index (χ2n) is 9.59. The van der Waals surface area contributed by atoms with Crippen LogP contribution in [-0.2, 0) is 24.2 Å². The highest BCUT2D eigenvalue weighted by Gasteiger charge is 2.31. The van der Waals surface area contributed by atoms with Crippen LogP contribution in [0.1, 0.15) is 48.8 Å². The Kier molecular flexibility index (Phi) is 5.30. The summed E-state index contributed by atoms with van der Waals surface area (Å²) in [5, 5.41) is 3.61. The summed E-state index contributed by atoms with van der Waals surface area (Å²) in [4.78, 5) is 32.4. The van der Waals surface area contributed by atoms with E-state index in [0.717, 1.165) is 46.5 Å². The summed E-state index contributed by atoms with van der Waals surface area (Å²) in [6.45, 7) is 10.8. The first-order chi connectivity index (χ1) is 14.1. The first kappa shape index (κ1) is 20.8. The summed E-state index contributed by atoms with van der Waals surface area (Å²) in [6, 6.07) is 5.91. The predicted octanol–water partition coefficient (Wildman–Crippen LogP) is 4.86. The lowest BCUT2D eigenvalue weighted by Gasteiger charge is -2.33. The van der Waals surface area contributed by atoms with Gasteiger partial charge in [-0.05, 0) is 73.3 Å². The predicted molar refractivity (Wildman–Crippen MR) is 123 cm³/mol. The minimum absolute atomic E-state index is 0.0377.